The monoisotopic (exact) mass is 329 g/mol. The van der Waals surface area contributed by atoms with E-state index in [0.29, 0.717) is 40.5 Å². The average Bonchev–Trinajstić information content (AvgIpc) is 2.89. The first-order chi connectivity index (χ1) is 9.94. The minimum absolute atomic E-state index is 0.304. The smallest absolute Gasteiger partial charge is 0.259 e. The average molecular weight is 330 g/mol. The molecule has 0 aliphatic carbocycles. The Morgan fingerprint density at radius 2 is 2.14 bits per heavy atom. The Morgan fingerprint density at radius 1 is 1.38 bits per heavy atom. The van der Waals surface area contributed by atoms with Crippen LogP contribution in [-0.4, -0.2) is 23.4 Å². The van der Waals surface area contributed by atoms with Gasteiger partial charge in [-0.05, 0) is 31.5 Å². The Bertz CT molecular complexity index is 614. The molecule has 5 nitrogen and oxygen atoms in total. The lowest BCUT2D eigenvalue weighted by molar-refractivity contribution is 0.0867. The predicted octanol–water partition coefficient (Wildman–Crippen LogP) is 3.64. The third-order valence-electron chi connectivity index (χ3n) is 2.85. The number of rotatable bonds is 6. The van der Waals surface area contributed by atoms with Crippen LogP contribution in [0.2, 0.25) is 10.0 Å². The zero-order chi connectivity index (χ0) is 15.5. The molecule has 2 aromatic rings. The molecular weight excluding hydrogens is 313 g/mol. The maximum absolute atomic E-state index is 6.17. The van der Waals surface area contributed by atoms with Gasteiger partial charge in [-0.2, -0.15) is 4.98 Å². The Labute approximate surface area is 133 Å². The second-order valence-electron chi connectivity index (χ2n) is 5.02. The van der Waals surface area contributed by atoms with E-state index in [1.807, 2.05) is 6.92 Å². The predicted molar refractivity (Wildman–Crippen MR) is 82.4 cm³/mol. The lowest BCUT2D eigenvalue weighted by Gasteiger charge is -2.19. The summed E-state index contributed by atoms with van der Waals surface area (Å²) in [5.41, 5.74) is 5.96. The minimum Gasteiger partial charge on any atom is -0.379 e. The molecule has 0 fully saturated rings. The summed E-state index contributed by atoms with van der Waals surface area (Å²) >= 11 is 12.0. The molecule has 21 heavy (non-hydrogen) atoms. The van der Waals surface area contributed by atoms with Crippen LogP contribution in [0.5, 0.6) is 0 Å². The highest BCUT2D eigenvalue weighted by molar-refractivity contribution is 6.36. The van der Waals surface area contributed by atoms with Gasteiger partial charge >= 0.3 is 0 Å². The van der Waals surface area contributed by atoms with Gasteiger partial charge in [0.1, 0.15) is 5.54 Å². The summed E-state index contributed by atoms with van der Waals surface area (Å²) < 4.78 is 10.7. The number of nitrogens with two attached hydrogens (primary N) is 1. The maximum atomic E-state index is 6.17. The highest BCUT2D eigenvalue weighted by Gasteiger charge is 2.28. The van der Waals surface area contributed by atoms with Gasteiger partial charge in [-0.1, -0.05) is 35.3 Å². The van der Waals surface area contributed by atoms with Crippen molar-refractivity contribution in [3.63, 3.8) is 0 Å². The van der Waals surface area contributed by atoms with Crippen molar-refractivity contribution in [3.05, 3.63) is 34.1 Å². The molecule has 0 aliphatic heterocycles. The normalized spacial score (nSPS) is 14.1. The SMILES string of the molecule is CCCOCC(C)(N)c1noc(-c2ccc(Cl)cc2Cl)n1. The summed E-state index contributed by atoms with van der Waals surface area (Å²) in [6.45, 7) is 4.78. The third kappa shape index (κ3) is 3.95. The fourth-order valence-electron chi connectivity index (χ4n) is 1.72. The number of hydrogen-bond acceptors (Lipinski definition) is 5. The molecule has 0 saturated carbocycles. The lowest BCUT2D eigenvalue weighted by Crippen LogP contribution is -2.39. The van der Waals surface area contributed by atoms with Gasteiger partial charge in [-0.25, -0.2) is 0 Å². The summed E-state index contributed by atoms with van der Waals surface area (Å²) in [6, 6.07) is 5.05. The second kappa shape index (κ2) is 6.75. The molecule has 2 N–H and O–H groups in total. The van der Waals surface area contributed by atoms with Crippen LogP contribution in [0.25, 0.3) is 11.5 Å². The molecule has 114 valence electrons. The van der Waals surface area contributed by atoms with Crippen LogP contribution in [0.4, 0.5) is 0 Å². The van der Waals surface area contributed by atoms with Gasteiger partial charge in [0, 0.05) is 11.6 Å². The van der Waals surface area contributed by atoms with E-state index in [4.69, 9.17) is 38.2 Å². The van der Waals surface area contributed by atoms with E-state index in [1.54, 1.807) is 25.1 Å². The van der Waals surface area contributed by atoms with Gasteiger partial charge in [0.15, 0.2) is 5.82 Å². The Hall–Kier alpha value is -1.14. The quantitative estimate of drug-likeness (QED) is 0.819. The molecule has 1 aromatic carbocycles. The Kier molecular flexibility index (Phi) is 5.22. The summed E-state index contributed by atoms with van der Waals surface area (Å²) in [7, 11) is 0. The lowest BCUT2D eigenvalue weighted by atomic mass is 10.1. The summed E-state index contributed by atoms with van der Waals surface area (Å²) in [6.07, 6.45) is 0.925. The molecule has 1 unspecified atom stereocenters. The van der Waals surface area contributed by atoms with E-state index in [9.17, 15) is 0 Å². The van der Waals surface area contributed by atoms with Crippen LogP contribution in [0.15, 0.2) is 22.7 Å². The van der Waals surface area contributed by atoms with Crippen molar-refractivity contribution < 1.29 is 9.26 Å². The van der Waals surface area contributed by atoms with Crippen molar-refractivity contribution in [2.45, 2.75) is 25.8 Å². The molecule has 0 bridgehead atoms. The highest BCUT2D eigenvalue weighted by Crippen LogP contribution is 2.30. The van der Waals surface area contributed by atoms with Crippen LogP contribution < -0.4 is 5.73 Å². The number of ether oxygens (including phenoxy) is 1. The van der Waals surface area contributed by atoms with E-state index >= 15 is 0 Å². The van der Waals surface area contributed by atoms with Crippen molar-refractivity contribution in [1.82, 2.24) is 10.1 Å². The molecule has 0 saturated heterocycles. The van der Waals surface area contributed by atoms with E-state index in [0.717, 1.165) is 6.42 Å². The number of nitrogens with zero attached hydrogens (tertiary/aromatic N) is 2. The van der Waals surface area contributed by atoms with Gasteiger partial charge in [-0.15, -0.1) is 0 Å². The molecule has 0 amide bonds. The van der Waals surface area contributed by atoms with E-state index < -0.39 is 5.54 Å². The molecule has 1 atom stereocenters. The summed E-state index contributed by atoms with van der Waals surface area (Å²) in [5, 5.41) is 4.91. The van der Waals surface area contributed by atoms with Crippen LogP contribution in [-0.2, 0) is 10.3 Å². The van der Waals surface area contributed by atoms with Crippen LogP contribution in [0.1, 0.15) is 26.1 Å². The Morgan fingerprint density at radius 3 is 2.81 bits per heavy atom. The van der Waals surface area contributed by atoms with Crippen molar-refractivity contribution in [2.75, 3.05) is 13.2 Å². The maximum Gasteiger partial charge on any atom is 0.259 e. The van der Waals surface area contributed by atoms with Gasteiger partial charge < -0.3 is 15.0 Å². The Balaban J connectivity index is 2.21. The van der Waals surface area contributed by atoms with E-state index in [1.165, 1.54) is 0 Å². The first-order valence-corrected chi connectivity index (χ1v) is 7.36. The largest absolute Gasteiger partial charge is 0.379 e. The standard InChI is InChI=1S/C14H17Cl2N3O2/c1-3-6-20-8-14(2,17)13-18-12(21-19-13)10-5-4-9(15)7-11(10)16/h4-5,7H,3,6,8,17H2,1-2H3. The van der Waals surface area contributed by atoms with E-state index in [-0.39, 0.29) is 0 Å². The molecule has 1 aromatic heterocycles. The number of hydrogen-bond donors (Lipinski definition) is 1. The minimum atomic E-state index is -0.824. The number of benzene rings is 1. The molecular formula is C14H17Cl2N3O2. The molecule has 7 heteroatoms. The zero-order valence-electron chi connectivity index (χ0n) is 11.9. The van der Waals surface area contributed by atoms with Crippen LogP contribution >= 0.6 is 23.2 Å². The number of aromatic nitrogens is 2. The van der Waals surface area contributed by atoms with Crippen molar-refractivity contribution in [2.24, 2.45) is 5.73 Å². The second-order valence-corrected chi connectivity index (χ2v) is 5.86. The topological polar surface area (TPSA) is 74.2 Å². The first-order valence-electron chi connectivity index (χ1n) is 6.60. The fraction of sp³-hybridized carbons (Fsp3) is 0.429. The van der Waals surface area contributed by atoms with Crippen LogP contribution in [0, 0.1) is 0 Å². The van der Waals surface area contributed by atoms with E-state index in [2.05, 4.69) is 10.1 Å². The molecule has 0 aliphatic rings. The van der Waals surface area contributed by atoms with Gasteiger partial charge in [-0.3, -0.25) is 0 Å². The summed E-state index contributed by atoms with van der Waals surface area (Å²) in [5.74, 6) is 0.679. The van der Waals surface area contributed by atoms with Crippen molar-refractivity contribution in [3.8, 4) is 11.5 Å². The van der Waals surface area contributed by atoms with Crippen molar-refractivity contribution >= 4 is 23.2 Å². The third-order valence-corrected chi connectivity index (χ3v) is 3.40. The van der Waals surface area contributed by atoms with Gasteiger partial charge in [0.25, 0.3) is 5.89 Å². The van der Waals surface area contributed by atoms with Gasteiger partial charge in [0.05, 0.1) is 17.2 Å². The molecule has 0 radical (unpaired) electrons. The van der Waals surface area contributed by atoms with Crippen molar-refractivity contribution in [1.29, 1.82) is 0 Å². The first kappa shape index (κ1) is 16.2. The molecule has 0 spiro atoms. The molecule has 2 rings (SSSR count). The molecule has 1 heterocycles. The fourth-order valence-corrected chi connectivity index (χ4v) is 2.21. The van der Waals surface area contributed by atoms with Gasteiger partial charge in [0.2, 0.25) is 0 Å². The zero-order valence-corrected chi connectivity index (χ0v) is 13.4. The highest BCUT2D eigenvalue weighted by atomic mass is 35.5. The number of halogens is 2. The van der Waals surface area contributed by atoms with Crippen LogP contribution in [0.3, 0.4) is 0 Å². The summed E-state index contributed by atoms with van der Waals surface area (Å²) in [4.78, 5) is 4.31.